The number of nitrogens with zero attached hydrogens (tertiary/aromatic N) is 2. The topological polar surface area (TPSA) is 64.7 Å². The Morgan fingerprint density at radius 2 is 1.61 bits per heavy atom. The van der Waals surface area contributed by atoms with Crippen LogP contribution in [0.4, 0.5) is 0 Å². The molecule has 6 heteroatoms. The van der Waals surface area contributed by atoms with Gasteiger partial charge in [0.05, 0.1) is 0 Å². The Balaban J connectivity index is 1.81. The van der Waals surface area contributed by atoms with E-state index in [-0.39, 0.29) is 5.91 Å². The molecule has 3 rings (SSSR count). The maximum absolute atomic E-state index is 12.6. The predicted molar refractivity (Wildman–Crippen MR) is 89.2 cm³/mol. The maximum atomic E-state index is 12.6. The molecule has 128 valence electrons. The molecule has 23 heavy (non-hydrogen) atoms. The molecule has 0 aromatic rings. The van der Waals surface area contributed by atoms with Crippen molar-refractivity contribution in [1.29, 1.82) is 0 Å². The van der Waals surface area contributed by atoms with E-state index in [0.29, 0.717) is 5.92 Å². The highest BCUT2D eigenvalue weighted by Gasteiger charge is 2.50. The van der Waals surface area contributed by atoms with Crippen LogP contribution in [0, 0.1) is 5.92 Å². The monoisotopic (exact) mass is 320 g/mol. The molecule has 2 saturated heterocycles. The van der Waals surface area contributed by atoms with Crippen LogP contribution in [0.15, 0.2) is 11.6 Å². The summed E-state index contributed by atoms with van der Waals surface area (Å²) in [6, 6.07) is 0. The van der Waals surface area contributed by atoms with Crippen molar-refractivity contribution in [2.45, 2.75) is 25.3 Å². The van der Waals surface area contributed by atoms with Gasteiger partial charge in [0.15, 0.2) is 0 Å². The summed E-state index contributed by atoms with van der Waals surface area (Å²) in [6.07, 6.45) is 4.98. The minimum absolute atomic E-state index is 0.0472. The second-order valence-corrected chi connectivity index (χ2v) is 6.86. The molecule has 0 spiro atoms. The third-order valence-electron chi connectivity index (χ3n) is 5.42. The summed E-state index contributed by atoms with van der Waals surface area (Å²) in [5.74, 6) is 0.413. The molecule has 3 aliphatic rings. The number of rotatable bonds is 5. The quantitative estimate of drug-likeness (QED) is 0.534. The molecule has 1 amide bonds. The van der Waals surface area contributed by atoms with Crippen molar-refractivity contribution < 1.29 is 9.59 Å². The second kappa shape index (κ2) is 7.11. The average Bonchev–Trinajstić information content (AvgIpc) is 3.43. The molecule has 1 saturated carbocycles. The number of hydrogen-bond acceptors (Lipinski definition) is 5. The SMILES string of the molecule is CC(=CC(=O)N1CCNCC1)C(C=O)(C1CC1)N1CCNCC1. The number of carbonyl (C=O) groups excluding carboxylic acids is 2. The van der Waals surface area contributed by atoms with E-state index in [4.69, 9.17) is 0 Å². The molecule has 6 nitrogen and oxygen atoms in total. The molecule has 1 atom stereocenters. The van der Waals surface area contributed by atoms with Gasteiger partial charge in [0, 0.05) is 58.4 Å². The van der Waals surface area contributed by atoms with E-state index in [0.717, 1.165) is 77.1 Å². The molecule has 2 N–H and O–H groups in total. The Morgan fingerprint density at radius 1 is 1.04 bits per heavy atom. The van der Waals surface area contributed by atoms with E-state index in [2.05, 4.69) is 15.5 Å². The van der Waals surface area contributed by atoms with Crippen LogP contribution in [0.2, 0.25) is 0 Å². The van der Waals surface area contributed by atoms with Gasteiger partial charge in [-0.25, -0.2) is 0 Å². The van der Waals surface area contributed by atoms with Crippen molar-refractivity contribution in [1.82, 2.24) is 20.4 Å². The molecule has 0 aromatic carbocycles. The molecule has 0 bridgehead atoms. The maximum Gasteiger partial charge on any atom is 0.246 e. The van der Waals surface area contributed by atoms with Crippen molar-refractivity contribution >= 4 is 12.2 Å². The molecule has 2 heterocycles. The third-order valence-corrected chi connectivity index (χ3v) is 5.42. The van der Waals surface area contributed by atoms with Crippen LogP contribution >= 0.6 is 0 Å². The van der Waals surface area contributed by atoms with Gasteiger partial charge in [-0.05, 0) is 31.3 Å². The van der Waals surface area contributed by atoms with Gasteiger partial charge in [-0.15, -0.1) is 0 Å². The van der Waals surface area contributed by atoms with Crippen LogP contribution in [-0.4, -0.2) is 79.9 Å². The Morgan fingerprint density at radius 3 is 2.13 bits per heavy atom. The van der Waals surface area contributed by atoms with Crippen molar-refractivity contribution in [3.63, 3.8) is 0 Å². The smallest absolute Gasteiger partial charge is 0.246 e. The average molecular weight is 320 g/mol. The number of nitrogens with one attached hydrogen (secondary N) is 2. The lowest BCUT2D eigenvalue weighted by atomic mass is 9.84. The van der Waals surface area contributed by atoms with Crippen molar-refractivity contribution in [2.24, 2.45) is 5.92 Å². The Hall–Kier alpha value is -1.24. The van der Waals surface area contributed by atoms with Crippen molar-refractivity contribution in [3.8, 4) is 0 Å². The summed E-state index contributed by atoms with van der Waals surface area (Å²) in [5.41, 5.74) is 0.339. The standard InChI is InChI=1S/C17H28N4O2/c1-14(12-16(23)20-8-4-18-5-9-20)17(13-22,15-2-3-15)21-10-6-19-7-11-21/h12-13,15,18-19H,2-11H2,1H3. The first-order valence-electron chi connectivity index (χ1n) is 8.79. The van der Waals surface area contributed by atoms with E-state index in [9.17, 15) is 9.59 Å². The summed E-state index contributed by atoms with van der Waals surface area (Å²) >= 11 is 0. The molecule has 0 radical (unpaired) electrons. The van der Waals surface area contributed by atoms with E-state index >= 15 is 0 Å². The number of piperazine rings is 2. The molecule has 2 aliphatic heterocycles. The van der Waals surface area contributed by atoms with Crippen molar-refractivity contribution in [3.05, 3.63) is 11.6 Å². The zero-order chi connectivity index (χ0) is 16.3. The number of aldehydes is 1. The summed E-state index contributed by atoms with van der Waals surface area (Å²) in [5, 5.41) is 6.60. The van der Waals surface area contributed by atoms with Crippen LogP contribution in [0.3, 0.4) is 0 Å². The minimum Gasteiger partial charge on any atom is -0.337 e. The first-order valence-corrected chi connectivity index (χ1v) is 8.79. The van der Waals surface area contributed by atoms with Gasteiger partial charge in [-0.3, -0.25) is 9.69 Å². The zero-order valence-electron chi connectivity index (χ0n) is 14.0. The summed E-state index contributed by atoms with van der Waals surface area (Å²) in [6.45, 7) is 8.68. The first kappa shape index (κ1) is 16.6. The van der Waals surface area contributed by atoms with Gasteiger partial charge < -0.3 is 20.3 Å². The molecular weight excluding hydrogens is 292 g/mol. The van der Waals surface area contributed by atoms with Gasteiger partial charge in [0.1, 0.15) is 11.8 Å². The minimum atomic E-state index is -0.578. The highest BCUT2D eigenvalue weighted by molar-refractivity contribution is 5.90. The highest BCUT2D eigenvalue weighted by atomic mass is 16.2. The number of hydrogen-bond donors (Lipinski definition) is 2. The van der Waals surface area contributed by atoms with Gasteiger partial charge in [-0.2, -0.15) is 0 Å². The van der Waals surface area contributed by atoms with E-state index < -0.39 is 5.54 Å². The van der Waals surface area contributed by atoms with Crippen LogP contribution in [-0.2, 0) is 9.59 Å². The zero-order valence-corrected chi connectivity index (χ0v) is 14.0. The molecular formula is C17H28N4O2. The fraction of sp³-hybridized carbons (Fsp3) is 0.765. The molecule has 0 aromatic heterocycles. The Kier molecular flexibility index (Phi) is 5.14. The first-order chi connectivity index (χ1) is 11.2. The Bertz CT molecular complexity index is 477. The largest absolute Gasteiger partial charge is 0.337 e. The van der Waals surface area contributed by atoms with Gasteiger partial charge in [0.2, 0.25) is 5.91 Å². The van der Waals surface area contributed by atoms with Gasteiger partial charge >= 0.3 is 0 Å². The van der Waals surface area contributed by atoms with E-state index in [1.165, 1.54) is 0 Å². The summed E-state index contributed by atoms with van der Waals surface area (Å²) < 4.78 is 0. The Labute approximate surface area is 138 Å². The second-order valence-electron chi connectivity index (χ2n) is 6.86. The number of carbonyl (C=O) groups is 2. The van der Waals surface area contributed by atoms with Gasteiger partial charge in [0.25, 0.3) is 0 Å². The third kappa shape index (κ3) is 3.34. The lowest BCUT2D eigenvalue weighted by molar-refractivity contribution is -0.126. The summed E-state index contributed by atoms with van der Waals surface area (Å²) in [4.78, 5) is 28.9. The van der Waals surface area contributed by atoms with E-state index in [1.54, 1.807) is 6.08 Å². The molecule has 1 aliphatic carbocycles. The summed E-state index contributed by atoms with van der Waals surface area (Å²) in [7, 11) is 0. The van der Waals surface area contributed by atoms with Crippen LogP contribution in [0.25, 0.3) is 0 Å². The molecule has 3 fully saturated rings. The van der Waals surface area contributed by atoms with Crippen LogP contribution < -0.4 is 10.6 Å². The van der Waals surface area contributed by atoms with E-state index in [1.807, 2.05) is 11.8 Å². The number of amides is 1. The fourth-order valence-corrected chi connectivity index (χ4v) is 3.93. The molecule has 1 unspecified atom stereocenters. The highest BCUT2D eigenvalue weighted by Crippen LogP contribution is 2.46. The van der Waals surface area contributed by atoms with Gasteiger partial charge in [-0.1, -0.05) is 0 Å². The lowest BCUT2D eigenvalue weighted by Crippen LogP contribution is -2.59. The lowest BCUT2D eigenvalue weighted by Gasteiger charge is -2.43. The van der Waals surface area contributed by atoms with Crippen LogP contribution in [0.1, 0.15) is 19.8 Å². The fourth-order valence-electron chi connectivity index (χ4n) is 3.93. The van der Waals surface area contributed by atoms with Crippen molar-refractivity contribution in [2.75, 3.05) is 52.4 Å². The van der Waals surface area contributed by atoms with Crippen LogP contribution in [0.5, 0.6) is 0 Å². The normalized spacial score (nSPS) is 26.7. The predicted octanol–water partition coefficient (Wildman–Crippen LogP) is -0.383.